The normalized spacial score (nSPS) is 11.2. The van der Waals surface area contributed by atoms with E-state index in [1.807, 2.05) is 18.2 Å². The maximum absolute atomic E-state index is 12.6. The van der Waals surface area contributed by atoms with Gasteiger partial charge < -0.3 is 14.8 Å². The standard InChI is InChI=1S/C23H22N2O5S/c1-29-20-12-8-19(9-13-20)25-31(27,28)21-14-10-18(11-15-21)24-23(26)16-7-17-5-3-4-6-22(17)30-2/h3-16,25H,1-2H3,(H,24,26)/b16-7+. The van der Waals surface area contributed by atoms with Crippen LogP contribution >= 0.6 is 0 Å². The Hall–Kier alpha value is -3.78. The van der Waals surface area contributed by atoms with Crippen molar-refractivity contribution in [1.29, 1.82) is 0 Å². The summed E-state index contributed by atoms with van der Waals surface area (Å²) in [5.74, 6) is 0.936. The van der Waals surface area contributed by atoms with Gasteiger partial charge in [-0.25, -0.2) is 8.42 Å². The quantitative estimate of drug-likeness (QED) is 0.515. The van der Waals surface area contributed by atoms with Crippen molar-refractivity contribution in [3.05, 3.63) is 84.4 Å². The minimum Gasteiger partial charge on any atom is -0.497 e. The first-order valence-electron chi connectivity index (χ1n) is 9.30. The highest BCUT2D eigenvalue weighted by atomic mass is 32.2. The molecule has 0 aliphatic carbocycles. The van der Waals surface area contributed by atoms with Crippen LogP contribution in [0.1, 0.15) is 5.56 Å². The molecule has 0 aromatic heterocycles. The Balaban J connectivity index is 1.64. The molecule has 0 aliphatic heterocycles. The van der Waals surface area contributed by atoms with E-state index in [0.29, 0.717) is 22.9 Å². The van der Waals surface area contributed by atoms with E-state index >= 15 is 0 Å². The van der Waals surface area contributed by atoms with Gasteiger partial charge in [0.15, 0.2) is 0 Å². The summed E-state index contributed by atoms with van der Waals surface area (Å²) in [5, 5.41) is 2.69. The summed E-state index contributed by atoms with van der Waals surface area (Å²) in [7, 11) is -0.667. The van der Waals surface area contributed by atoms with Crippen molar-refractivity contribution in [3.8, 4) is 11.5 Å². The van der Waals surface area contributed by atoms with Crippen LogP contribution in [0.5, 0.6) is 11.5 Å². The van der Waals surface area contributed by atoms with Crippen LogP contribution in [0.3, 0.4) is 0 Å². The molecule has 3 rings (SSSR count). The number of anilines is 2. The molecular formula is C23H22N2O5S. The van der Waals surface area contributed by atoms with Crippen molar-refractivity contribution >= 4 is 33.4 Å². The van der Waals surface area contributed by atoms with Crippen LogP contribution in [0.4, 0.5) is 11.4 Å². The number of hydrogen-bond acceptors (Lipinski definition) is 5. The Morgan fingerprint density at radius 1 is 0.839 bits per heavy atom. The van der Waals surface area contributed by atoms with Gasteiger partial charge in [0.1, 0.15) is 11.5 Å². The number of methoxy groups -OCH3 is 2. The van der Waals surface area contributed by atoms with Gasteiger partial charge >= 0.3 is 0 Å². The van der Waals surface area contributed by atoms with Crippen molar-refractivity contribution < 1.29 is 22.7 Å². The predicted molar refractivity (Wildman–Crippen MR) is 121 cm³/mol. The monoisotopic (exact) mass is 438 g/mol. The highest BCUT2D eigenvalue weighted by molar-refractivity contribution is 7.92. The first-order chi connectivity index (χ1) is 14.9. The van der Waals surface area contributed by atoms with Gasteiger partial charge in [0.05, 0.1) is 19.1 Å². The third kappa shape index (κ3) is 5.86. The first kappa shape index (κ1) is 21.9. The van der Waals surface area contributed by atoms with Gasteiger partial charge in [-0.3, -0.25) is 9.52 Å². The fraction of sp³-hybridized carbons (Fsp3) is 0.0870. The van der Waals surface area contributed by atoms with Crippen molar-refractivity contribution in [1.82, 2.24) is 0 Å². The van der Waals surface area contributed by atoms with E-state index < -0.39 is 10.0 Å². The largest absolute Gasteiger partial charge is 0.497 e. The highest BCUT2D eigenvalue weighted by Gasteiger charge is 2.14. The van der Waals surface area contributed by atoms with Gasteiger partial charge in [0, 0.05) is 23.0 Å². The second-order valence-corrected chi connectivity index (χ2v) is 8.11. The van der Waals surface area contributed by atoms with Crippen LogP contribution in [0.2, 0.25) is 0 Å². The minimum absolute atomic E-state index is 0.0749. The lowest BCUT2D eigenvalue weighted by Crippen LogP contribution is -2.13. The lowest BCUT2D eigenvalue weighted by molar-refractivity contribution is -0.111. The van der Waals surface area contributed by atoms with E-state index in [-0.39, 0.29) is 10.8 Å². The van der Waals surface area contributed by atoms with E-state index in [0.717, 1.165) is 5.56 Å². The van der Waals surface area contributed by atoms with Gasteiger partial charge in [-0.05, 0) is 60.7 Å². The van der Waals surface area contributed by atoms with E-state index in [2.05, 4.69) is 10.0 Å². The molecule has 0 aliphatic rings. The summed E-state index contributed by atoms with van der Waals surface area (Å²) in [6.45, 7) is 0. The molecule has 0 bridgehead atoms. The molecule has 0 unspecified atom stereocenters. The number of carbonyl (C=O) groups excluding carboxylic acids is 1. The van der Waals surface area contributed by atoms with Gasteiger partial charge in [0.25, 0.3) is 10.0 Å². The van der Waals surface area contributed by atoms with E-state index in [1.54, 1.807) is 43.5 Å². The Bertz CT molecular complexity index is 1170. The molecule has 3 aromatic rings. The summed E-state index contributed by atoms with van der Waals surface area (Å²) in [4.78, 5) is 12.3. The van der Waals surface area contributed by atoms with Crippen LogP contribution in [-0.4, -0.2) is 28.5 Å². The van der Waals surface area contributed by atoms with Crippen LogP contribution in [0.25, 0.3) is 6.08 Å². The van der Waals surface area contributed by atoms with Crippen molar-refractivity contribution in [2.75, 3.05) is 24.3 Å². The molecule has 0 saturated heterocycles. The lowest BCUT2D eigenvalue weighted by Gasteiger charge is -2.10. The zero-order valence-corrected chi connectivity index (χ0v) is 17.8. The third-order valence-corrected chi connectivity index (χ3v) is 5.72. The number of ether oxygens (including phenoxy) is 2. The Morgan fingerprint density at radius 2 is 1.48 bits per heavy atom. The number of nitrogens with one attached hydrogen (secondary N) is 2. The van der Waals surface area contributed by atoms with Crippen LogP contribution < -0.4 is 19.5 Å². The average Bonchev–Trinajstić information content (AvgIpc) is 2.78. The van der Waals surface area contributed by atoms with Crippen LogP contribution in [0, 0.1) is 0 Å². The summed E-state index contributed by atoms with van der Waals surface area (Å²) in [5.41, 5.74) is 1.66. The molecule has 0 spiro atoms. The fourth-order valence-corrected chi connectivity index (χ4v) is 3.80. The molecule has 2 N–H and O–H groups in total. The SMILES string of the molecule is COc1ccc(NS(=O)(=O)c2ccc(NC(=O)/C=C/c3ccccc3OC)cc2)cc1. The number of carbonyl (C=O) groups is 1. The third-order valence-electron chi connectivity index (χ3n) is 4.33. The van der Waals surface area contributed by atoms with Crippen molar-refractivity contribution in [2.24, 2.45) is 0 Å². The van der Waals surface area contributed by atoms with Crippen molar-refractivity contribution in [3.63, 3.8) is 0 Å². The molecule has 3 aromatic carbocycles. The Kier molecular flexibility index (Phi) is 6.94. The topological polar surface area (TPSA) is 93.7 Å². The summed E-state index contributed by atoms with van der Waals surface area (Å²) >= 11 is 0. The smallest absolute Gasteiger partial charge is 0.261 e. The van der Waals surface area contributed by atoms with Gasteiger partial charge in [0.2, 0.25) is 5.91 Å². The number of para-hydroxylation sites is 1. The first-order valence-corrected chi connectivity index (χ1v) is 10.8. The van der Waals surface area contributed by atoms with Gasteiger partial charge in [-0.2, -0.15) is 0 Å². The molecule has 0 fully saturated rings. The molecule has 0 heterocycles. The lowest BCUT2D eigenvalue weighted by atomic mass is 10.2. The van der Waals surface area contributed by atoms with E-state index in [9.17, 15) is 13.2 Å². The average molecular weight is 439 g/mol. The molecule has 0 atom stereocenters. The Labute approximate surface area is 181 Å². The second kappa shape index (κ2) is 9.82. The molecule has 0 radical (unpaired) electrons. The highest BCUT2D eigenvalue weighted by Crippen LogP contribution is 2.21. The summed E-state index contributed by atoms with van der Waals surface area (Å²) < 4.78 is 37.9. The molecule has 160 valence electrons. The zero-order valence-electron chi connectivity index (χ0n) is 17.0. The predicted octanol–water partition coefficient (Wildman–Crippen LogP) is 4.16. The van der Waals surface area contributed by atoms with E-state index in [4.69, 9.17) is 9.47 Å². The number of benzene rings is 3. The molecule has 31 heavy (non-hydrogen) atoms. The molecule has 8 heteroatoms. The second-order valence-electron chi connectivity index (χ2n) is 6.42. The van der Waals surface area contributed by atoms with Crippen LogP contribution in [0.15, 0.2) is 83.8 Å². The number of hydrogen-bond donors (Lipinski definition) is 2. The number of amides is 1. The summed E-state index contributed by atoms with van der Waals surface area (Å²) in [6, 6.07) is 19.8. The number of sulfonamides is 1. The maximum Gasteiger partial charge on any atom is 0.261 e. The van der Waals surface area contributed by atoms with Crippen LogP contribution in [-0.2, 0) is 14.8 Å². The molecule has 1 amide bonds. The molecular weight excluding hydrogens is 416 g/mol. The Morgan fingerprint density at radius 3 is 2.13 bits per heavy atom. The summed E-state index contributed by atoms with van der Waals surface area (Å²) in [6.07, 6.45) is 3.03. The fourth-order valence-electron chi connectivity index (χ4n) is 2.74. The zero-order chi connectivity index (χ0) is 22.3. The van der Waals surface area contributed by atoms with Crippen molar-refractivity contribution in [2.45, 2.75) is 4.90 Å². The van der Waals surface area contributed by atoms with Gasteiger partial charge in [-0.15, -0.1) is 0 Å². The minimum atomic E-state index is -3.76. The van der Waals surface area contributed by atoms with Gasteiger partial charge in [-0.1, -0.05) is 18.2 Å². The molecule has 0 saturated carbocycles. The molecule has 7 nitrogen and oxygen atoms in total. The number of rotatable bonds is 8. The van der Waals surface area contributed by atoms with E-state index in [1.165, 1.54) is 37.5 Å². The maximum atomic E-state index is 12.6.